The van der Waals surface area contributed by atoms with E-state index < -0.39 is 5.82 Å². The highest BCUT2D eigenvalue weighted by Gasteiger charge is 2.13. The van der Waals surface area contributed by atoms with E-state index in [9.17, 15) is 4.39 Å². The van der Waals surface area contributed by atoms with Gasteiger partial charge in [-0.2, -0.15) is 10.5 Å². The van der Waals surface area contributed by atoms with Crippen LogP contribution in [0.4, 0.5) is 4.39 Å². The molecular formula is C10H7FN2O. The highest BCUT2D eigenvalue weighted by Crippen LogP contribution is 2.25. The van der Waals surface area contributed by atoms with E-state index in [-0.39, 0.29) is 17.7 Å². The first-order valence-corrected chi connectivity index (χ1v) is 3.87. The number of nitrogens with zero attached hydrogens (tertiary/aromatic N) is 2. The second-order valence-electron chi connectivity index (χ2n) is 2.56. The van der Waals surface area contributed by atoms with Crippen LogP contribution in [-0.4, -0.2) is 7.11 Å². The van der Waals surface area contributed by atoms with Crippen molar-refractivity contribution in [1.82, 2.24) is 0 Å². The molecule has 0 radical (unpaired) electrons. The average Bonchev–Trinajstić information content (AvgIpc) is 2.20. The molecule has 0 atom stereocenters. The van der Waals surface area contributed by atoms with Crippen LogP contribution in [0.3, 0.4) is 0 Å². The molecule has 0 fully saturated rings. The van der Waals surface area contributed by atoms with Crippen molar-refractivity contribution in [3.05, 3.63) is 29.1 Å². The third-order valence-electron chi connectivity index (χ3n) is 1.77. The van der Waals surface area contributed by atoms with Crippen molar-refractivity contribution < 1.29 is 9.13 Å². The number of ether oxygens (including phenoxy) is 1. The van der Waals surface area contributed by atoms with Crippen LogP contribution in [0.15, 0.2) is 12.1 Å². The summed E-state index contributed by atoms with van der Waals surface area (Å²) in [6.07, 6.45) is 0.0954. The zero-order valence-electron chi connectivity index (χ0n) is 7.54. The van der Waals surface area contributed by atoms with Crippen molar-refractivity contribution in [2.75, 3.05) is 7.11 Å². The second kappa shape index (κ2) is 4.25. The van der Waals surface area contributed by atoms with Gasteiger partial charge in [0.25, 0.3) is 0 Å². The third-order valence-corrected chi connectivity index (χ3v) is 1.77. The van der Waals surface area contributed by atoms with Crippen molar-refractivity contribution in [3.63, 3.8) is 0 Å². The summed E-state index contributed by atoms with van der Waals surface area (Å²) in [4.78, 5) is 0. The molecule has 14 heavy (non-hydrogen) atoms. The fourth-order valence-corrected chi connectivity index (χ4v) is 1.16. The molecule has 0 spiro atoms. The van der Waals surface area contributed by atoms with E-state index in [2.05, 4.69) is 0 Å². The molecule has 0 aliphatic heterocycles. The molecule has 0 bridgehead atoms. The van der Waals surface area contributed by atoms with Gasteiger partial charge in [0.15, 0.2) is 0 Å². The molecule has 70 valence electrons. The second-order valence-corrected chi connectivity index (χ2v) is 2.56. The van der Waals surface area contributed by atoms with Crippen LogP contribution in [-0.2, 0) is 6.42 Å². The molecule has 4 heteroatoms. The Kier molecular flexibility index (Phi) is 3.04. The van der Waals surface area contributed by atoms with Gasteiger partial charge in [-0.15, -0.1) is 0 Å². The van der Waals surface area contributed by atoms with Crippen molar-refractivity contribution in [3.8, 4) is 17.9 Å². The van der Waals surface area contributed by atoms with Gasteiger partial charge >= 0.3 is 0 Å². The summed E-state index contributed by atoms with van der Waals surface area (Å²) in [6.45, 7) is 0. The first-order chi connectivity index (χ1) is 6.74. The molecule has 0 aliphatic rings. The summed E-state index contributed by atoms with van der Waals surface area (Å²) < 4.78 is 18.0. The minimum Gasteiger partial charge on any atom is -0.495 e. The standard InChI is InChI=1S/C10H7FN2O/c1-14-10-7(4-5-12)2-3-9(11)8(10)6-13/h2-3H,4H2,1H3. The lowest BCUT2D eigenvalue weighted by Gasteiger charge is -2.07. The van der Waals surface area contributed by atoms with Crippen LogP contribution >= 0.6 is 0 Å². The van der Waals surface area contributed by atoms with Gasteiger partial charge in [-0.1, -0.05) is 6.07 Å². The Morgan fingerprint density at radius 2 is 2.14 bits per heavy atom. The van der Waals surface area contributed by atoms with Crippen molar-refractivity contribution in [1.29, 1.82) is 10.5 Å². The van der Waals surface area contributed by atoms with Gasteiger partial charge < -0.3 is 4.74 Å². The van der Waals surface area contributed by atoms with E-state index in [0.717, 1.165) is 6.07 Å². The van der Waals surface area contributed by atoms with Crippen molar-refractivity contribution in [2.45, 2.75) is 6.42 Å². The van der Waals surface area contributed by atoms with Gasteiger partial charge in [0, 0.05) is 5.56 Å². The first kappa shape index (κ1) is 10.0. The zero-order chi connectivity index (χ0) is 10.6. The highest BCUT2D eigenvalue weighted by molar-refractivity contribution is 5.50. The summed E-state index contributed by atoms with van der Waals surface area (Å²) >= 11 is 0. The summed E-state index contributed by atoms with van der Waals surface area (Å²) in [5.41, 5.74) is 0.369. The Hall–Kier alpha value is -2.07. The number of benzene rings is 1. The lowest BCUT2D eigenvalue weighted by atomic mass is 10.1. The molecule has 0 amide bonds. The predicted molar refractivity (Wildman–Crippen MR) is 47.0 cm³/mol. The number of methoxy groups -OCH3 is 1. The lowest BCUT2D eigenvalue weighted by Crippen LogP contribution is -1.97. The number of halogens is 1. The van der Waals surface area contributed by atoms with Gasteiger partial charge in [-0.05, 0) is 6.07 Å². The molecule has 0 N–H and O–H groups in total. The summed E-state index contributed by atoms with van der Waals surface area (Å²) in [5.74, 6) is -0.486. The van der Waals surface area contributed by atoms with E-state index in [1.54, 1.807) is 6.07 Å². The quantitative estimate of drug-likeness (QED) is 0.714. The Morgan fingerprint density at radius 3 is 2.64 bits per heavy atom. The largest absolute Gasteiger partial charge is 0.495 e. The molecule has 0 aromatic heterocycles. The topological polar surface area (TPSA) is 56.8 Å². The number of hydrogen-bond donors (Lipinski definition) is 0. The molecule has 3 nitrogen and oxygen atoms in total. The van der Waals surface area contributed by atoms with E-state index in [1.807, 2.05) is 6.07 Å². The Labute approximate surface area is 81.0 Å². The van der Waals surface area contributed by atoms with Crippen LogP contribution in [0.25, 0.3) is 0 Å². The Morgan fingerprint density at radius 1 is 1.43 bits per heavy atom. The van der Waals surface area contributed by atoms with Crippen molar-refractivity contribution >= 4 is 0 Å². The van der Waals surface area contributed by atoms with Crippen LogP contribution in [0.1, 0.15) is 11.1 Å². The summed E-state index contributed by atoms with van der Waals surface area (Å²) in [7, 11) is 1.34. The lowest BCUT2D eigenvalue weighted by molar-refractivity contribution is 0.405. The van der Waals surface area contributed by atoms with E-state index >= 15 is 0 Å². The van der Waals surface area contributed by atoms with Gasteiger partial charge in [-0.3, -0.25) is 0 Å². The van der Waals surface area contributed by atoms with Crippen LogP contribution < -0.4 is 4.74 Å². The van der Waals surface area contributed by atoms with Gasteiger partial charge in [-0.25, -0.2) is 4.39 Å². The molecule has 1 aromatic carbocycles. The summed E-state index contributed by atoms with van der Waals surface area (Å²) in [5, 5.41) is 17.2. The van der Waals surface area contributed by atoms with Gasteiger partial charge in [0.2, 0.25) is 0 Å². The van der Waals surface area contributed by atoms with Gasteiger partial charge in [0.05, 0.1) is 19.6 Å². The molecule has 1 rings (SSSR count). The normalized spacial score (nSPS) is 8.86. The molecular weight excluding hydrogens is 183 g/mol. The van der Waals surface area contributed by atoms with Crippen LogP contribution in [0, 0.1) is 28.5 Å². The highest BCUT2D eigenvalue weighted by atomic mass is 19.1. The monoisotopic (exact) mass is 190 g/mol. The van der Waals surface area contributed by atoms with E-state index in [0.29, 0.717) is 5.56 Å². The average molecular weight is 190 g/mol. The molecule has 1 aromatic rings. The van der Waals surface area contributed by atoms with E-state index in [4.69, 9.17) is 15.3 Å². The molecule has 0 saturated heterocycles. The predicted octanol–water partition coefficient (Wildman–Crippen LogP) is 1.77. The maximum Gasteiger partial charge on any atom is 0.144 e. The fraction of sp³-hybridized carbons (Fsp3) is 0.200. The first-order valence-electron chi connectivity index (χ1n) is 3.87. The van der Waals surface area contributed by atoms with Crippen molar-refractivity contribution in [2.24, 2.45) is 0 Å². The molecule has 0 aliphatic carbocycles. The van der Waals surface area contributed by atoms with Crippen LogP contribution in [0.2, 0.25) is 0 Å². The van der Waals surface area contributed by atoms with E-state index in [1.165, 1.54) is 13.2 Å². The maximum atomic E-state index is 13.1. The van der Waals surface area contributed by atoms with Crippen LogP contribution in [0.5, 0.6) is 5.75 Å². The zero-order valence-corrected chi connectivity index (χ0v) is 7.54. The molecule has 0 unspecified atom stereocenters. The third kappa shape index (κ3) is 1.65. The number of nitriles is 2. The fourth-order valence-electron chi connectivity index (χ4n) is 1.16. The number of hydrogen-bond acceptors (Lipinski definition) is 3. The Bertz CT molecular complexity index is 429. The Balaban J connectivity index is 3.36. The minimum absolute atomic E-state index is 0.0954. The smallest absolute Gasteiger partial charge is 0.144 e. The maximum absolute atomic E-state index is 13.1. The minimum atomic E-state index is -0.633. The SMILES string of the molecule is COc1c(CC#N)ccc(F)c1C#N. The molecule has 0 heterocycles. The van der Waals surface area contributed by atoms with Gasteiger partial charge in [0.1, 0.15) is 23.2 Å². The molecule has 0 saturated carbocycles. The summed E-state index contributed by atoms with van der Waals surface area (Å²) in [6, 6.07) is 6.22. The number of rotatable bonds is 2.